The maximum Gasteiger partial charge on any atom is 0.326 e. The summed E-state index contributed by atoms with van der Waals surface area (Å²) in [7, 11) is 0. The highest BCUT2D eigenvalue weighted by Crippen LogP contribution is 2.12. The molecule has 0 aliphatic heterocycles. The number of carboxylic acids is 1. The van der Waals surface area contributed by atoms with E-state index in [2.05, 4.69) is 16.0 Å². The van der Waals surface area contributed by atoms with E-state index in [1.165, 1.54) is 12.1 Å². The Morgan fingerprint density at radius 3 is 2.19 bits per heavy atom. The summed E-state index contributed by atoms with van der Waals surface area (Å²) in [6.07, 6.45) is 1.28. The number of nitrogens with two attached hydrogens (primary N) is 2. The third-order valence-electron chi connectivity index (χ3n) is 4.55. The summed E-state index contributed by atoms with van der Waals surface area (Å²) in [6.45, 7) is -0.698. The molecule has 1 aromatic carbocycles. The molecule has 0 aliphatic rings. The Morgan fingerprint density at radius 2 is 1.62 bits per heavy atom. The van der Waals surface area contributed by atoms with Crippen molar-refractivity contribution >= 4 is 23.7 Å². The lowest BCUT2D eigenvalue weighted by Gasteiger charge is -2.22. The van der Waals surface area contributed by atoms with Gasteiger partial charge in [-0.15, -0.1) is 0 Å². The summed E-state index contributed by atoms with van der Waals surface area (Å²) in [5, 5.41) is 34.8. The number of amides is 3. The van der Waals surface area contributed by atoms with Crippen LogP contribution in [-0.4, -0.2) is 76.8 Å². The van der Waals surface area contributed by atoms with Crippen LogP contribution >= 0.6 is 0 Å². The largest absolute Gasteiger partial charge is 0.508 e. The molecule has 12 nitrogen and oxygen atoms in total. The molecule has 178 valence electrons. The molecule has 1 rings (SSSR count). The van der Waals surface area contributed by atoms with Crippen LogP contribution in [0, 0.1) is 0 Å². The minimum absolute atomic E-state index is 0.0110. The van der Waals surface area contributed by atoms with Crippen LogP contribution in [0.3, 0.4) is 0 Å². The molecule has 0 saturated heterocycles. The Bertz CT molecular complexity index is 772. The molecule has 0 aromatic heterocycles. The van der Waals surface area contributed by atoms with Crippen LogP contribution < -0.4 is 27.4 Å². The molecule has 3 amide bonds. The van der Waals surface area contributed by atoms with E-state index in [0.717, 1.165) is 0 Å². The molecule has 0 aliphatic carbocycles. The molecular formula is C20H31N5O7. The van der Waals surface area contributed by atoms with E-state index in [-0.39, 0.29) is 18.6 Å². The molecule has 0 bridgehead atoms. The molecule has 12 heteroatoms. The van der Waals surface area contributed by atoms with Crippen molar-refractivity contribution in [3.8, 4) is 5.75 Å². The number of aliphatic hydroxyl groups excluding tert-OH is 1. The van der Waals surface area contributed by atoms with Crippen LogP contribution in [0.1, 0.15) is 24.8 Å². The van der Waals surface area contributed by atoms with Gasteiger partial charge in [0.15, 0.2) is 0 Å². The summed E-state index contributed by atoms with van der Waals surface area (Å²) in [4.78, 5) is 48.2. The van der Waals surface area contributed by atoms with E-state index in [1.807, 2.05) is 0 Å². The average Bonchev–Trinajstić information content (AvgIpc) is 2.77. The predicted octanol–water partition coefficient (Wildman–Crippen LogP) is -2.45. The second-order valence-electron chi connectivity index (χ2n) is 7.18. The number of hydrogen-bond acceptors (Lipinski definition) is 8. The average molecular weight is 453 g/mol. The van der Waals surface area contributed by atoms with Crippen LogP contribution in [-0.2, 0) is 25.6 Å². The molecular weight excluding hydrogens is 422 g/mol. The quantitative estimate of drug-likeness (QED) is 0.140. The number of aliphatic hydroxyl groups is 1. The van der Waals surface area contributed by atoms with E-state index in [9.17, 15) is 29.4 Å². The van der Waals surface area contributed by atoms with Crippen molar-refractivity contribution < 1.29 is 34.5 Å². The predicted molar refractivity (Wildman–Crippen MR) is 114 cm³/mol. The molecule has 10 N–H and O–H groups in total. The van der Waals surface area contributed by atoms with Crippen LogP contribution in [0.5, 0.6) is 5.75 Å². The zero-order chi connectivity index (χ0) is 24.1. The van der Waals surface area contributed by atoms with E-state index in [0.29, 0.717) is 24.9 Å². The smallest absolute Gasteiger partial charge is 0.326 e. The topological polar surface area (TPSA) is 217 Å². The Balaban J connectivity index is 2.87. The fraction of sp³-hybridized carbons (Fsp3) is 0.500. The van der Waals surface area contributed by atoms with Gasteiger partial charge in [-0.1, -0.05) is 12.1 Å². The molecule has 3 unspecified atom stereocenters. The first-order valence-electron chi connectivity index (χ1n) is 10.1. The summed E-state index contributed by atoms with van der Waals surface area (Å²) < 4.78 is 0. The van der Waals surface area contributed by atoms with Gasteiger partial charge in [-0.2, -0.15) is 0 Å². The van der Waals surface area contributed by atoms with Crippen LogP contribution in [0.2, 0.25) is 0 Å². The third kappa shape index (κ3) is 9.73. The Morgan fingerprint density at radius 1 is 0.969 bits per heavy atom. The minimum atomic E-state index is -1.21. The number of aromatic hydroxyl groups is 1. The zero-order valence-electron chi connectivity index (χ0n) is 17.6. The van der Waals surface area contributed by atoms with Crippen molar-refractivity contribution in [2.24, 2.45) is 11.5 Å². The van der Waals surface area contributed by atoms with Crippen molar-refractivity contribution in [1.29, 1.82) is 0 Å². The van der Waals surface area contributed by atoms with Crippen molar-refractivity contribution in [3.63, 3.8) is 0 Å². The summed E-state index contributed by atoms with van der Waals surface area (Å²) in [5.74, 6) is -3.36. The highest BCUT2D eigenvalue weighted by molar-refractivity contribution is 5.92. The highest BCUT2D eigenvalue weighted by Gasteiger charge is 2.27. The Hall–Kier alpha value is -3.22. The molecule has 3 atom stereocenters. The van der Waals surface area contributed by atoms with Gasteiger partial charge in [0.2, 0.25) is 17.7 Å². The molecule has 0 fully saturated rings. The fourth-order valence-electron chi connectivity index (χ4n) is 2.73. The first-order chi connectivity index (χ1) is 15.2. The second kappa shape index (κ2) is 14.0. The zero-order valence-corrected chi connectivity index (χ0v) is 17.6. The van der Waals surface area contributed by atoms with Gasteiger partial charge in [-0.3, -0.25) is 14.4 Å². The van der Waals surface area contributed by atoms with Gasteiger partial charge in [0.05, 0.1) is 13.2 Å². The first kappa shape index (κ1) is 26.8. The number of carboxylic acid groups (broad SMARTS) is 1. The molecule has 0 saturated carbocycles. The molecule has 0 spiro atoms. The third-order valence-corrected chi connectivity index (χ3v) is 4.55. The molecule has 1 aromatic rings. The molecule has 32 heavy (non-hydrogen) atoms. The molecule has 0 heterocycles. The van der Waals surface area contributed by atoms with Gasteiger partial charge < -0.3 is 42.7 Å². The van der Waals surface area contributed by atoms with Crippen LogP contribution in [0.4, 0.5) is 0 Å². The summed E-state index contributed by atoms with van der Waals surface area (Å²) in [5.41, 5.74) is 11.4. The fourth-order valence-corrected chi connectivity index (χ4v) is 2.73. The lowest BCUT2D eigenvalue weighted by Crippen LogP contribution is -2.54. The number of benzene rings is 1. The number of aliphatic carboxylic acids is 1. The lowest BCUT2D eigenvalue weighted by molar-refractivity contribution is -0.142. The van der Waals surface area contributed by atoms with E-state index in [4.69, 9.17) is 16.6 Å². The number of rotatable bonds is 14. The number of carbonyl (C=O) groups is 4. The summed E-state index contributed by atoms with van der Waals surface area (Å²) >= 11 is 0. The van der Waals surface area contributed by atoms with Crippen molar-refractivity contribution in [2.45, 2.75) is 43.8 Å². The lowest BCUT2D eigenvalue weighted by atomic mass is 10.0. The number of carbonyl (C=O) groups excluding carboxylic acids is 3. The van der Waals surface area contributed by atoms with E-state index >= 15 is 0 Å². The Kier molecular flexibility index (Phi) is 11.7. The van der Waals surface area contributed by atoms with Gasteiger partial charge in [0.1, 0.15) is 23.9 Å². The van der Waals surface area contributed by atoms with Gasteiger partial charge in [0, 0.05) is 6.42 Å². The monoisotopic (exact) mass is 453 g/mol. The van der Waals surface area contributed by atoms with Crippen molar-refractivity contribution in [1.82, 2.24) is 16.0 Å². The van der Waals surface area contributed by atoms with Crippen molar-refractivity contribution in [3.05, 3.63) is 29.8 Å². The number of nitrogens with one attached hydrogen (secondary N) is 3. The first-order valence-corrected chi connectivity index (χ1v) is 10.1. The van der Waals surface area contributed by atoms with Gasteiger partial charge >= 0.3 is 5.97 Å². The Labute approximate surface area is 185 Å². The maximum absolute atomic E-state index is 12.8. The number of phenols is 1. The highest BCUT2D eigenvalue weighted by atomic mass is 16.4. The van der Waals surface area contributed by atoms with Gasteiger partial charge in [-0.25, -0.2) is 4.79 Å². The minimum Gasteiger partial charge on any atom is -0.508 e. The number of hydrogen-bond donors (Lipinski definition) is 8. The normalized spacial score (nSPS) is 13.5. The van der Waals surface area contributed by atoms with Gasteiger partial charge in [0.25, 0.3) is 0 Å². The van der Waals surface area contributed by atoms with Gasteiger partial charge in [-0.05, 0) is 43.5 Å². The maximum atomic E-state index is 12.8. The van der Waals surface area contributed by atoms with Crippen molar-refractivity contribution in [2.75, 3.05) is 19.7 Å². The number of unbranched alkanes of at least 4 members (excludes halogenated alkanes) is 1. The van der Waals surface area contributed by atoms with E-state index < -0.39 is 55.0 Å². The summed E-state index contributed by atoms with van der Waals surface area (Å²) in [6, 6.07) is 2.44. The number of phenolic OH excluding ortho intramolecular Hbond substituents is 1. The van der Waals surface area contributed by atoms with Crippen LogP contribution in [0.15, 0.2) is 24.3 Å². The standard InChI is InChI=1S/C20H31N5O7/c21-8-2-1-3-15(20(31)32)25-19(30)16(9-12-4-6-13(27)7-5-12)24-17(28)10-23-18(29)14(22)11-26/h4-7,14-16,26-27H,1-3,8-11,21-22H2,(H,23,29)(H,24,28)(H,25,30)(H,31,32). The van der Waals surface area contributed by atoms with Crippen LogP contribution in [0.25, 0.3) is 0 Å². The second-order valence-corrected chi connectivity index (χ2v) is 7.18. The van der Waals surface area contributed by atoms with E-state index in [1.54, 1.807) is 12.1 Å². The SMILES string of the molecule is NCCCCC(NC(=O)C(Cc1ccc(O)cc1)NC(=O)CNC(=O)C(N)CO)C(=O)O. The molecule has 0 radical (unpaired) electrons.